The topological polar surface area (TPSA) is 98.6 Å². The van der Waals surface area contributed by atoms with Gasteiger partial charge in [-0.25, -0.2) is 4.99 Å². The van der Waals surface area contributed by atoms with Gasteiger partial charge in [-0.3, -0.25) is 0 Å². The van der Waals surface area contributed by atoms with E-state index in [1.54, 1.807) is 32.2 Å². The SMILES string of the molecule is COc1ccc(NC(N)=NCc2noc(C)n2)cc1Cl. The summed E-state index contributed by atoms with van der Waals surface area (Å²) in [6.45, 7) is 1.95. The van der Waals surface area contributed by atoms with E-state index < -0.39 is 0 Å². The minimum absolute atomic E-state index is 0.230. The van der Waals surface area contributed by atoms with Crippen molar-refractivity contribution in [3.63, 3.8) is 0 Å². The van der Waals surface area contributed by atoms with Crippen LogP contribution in [0.1, 0.15) is 11.7 Å². The van der Waals surface area contributed by atoms with Gasteiger partial charge in [0.1, 0.15) is 12.3 Å². The van der Waals surface area contributed by atoms with Crippen LogP contribution in [0, 0.1) is 6.92 Å². The monoisotopic (exact) mass is 295 g/mol. The normalized spacial score (nSPS) is 11.4. The Morgan fingerprint density at radius 2 is 2.35 bits per heavy atom. The number of nitrogens with zero attached hydrogens (tertiary/aromatic N) is 3. The first-order valence-electron chi connectivity index (χ1n) is 5.78. The van der Waals surface area contributed by atoms with Gasteiger partial charge >= 0.3 is 0 Å². The third kappa shape index (κ3) is 3.61. The number of anilines is 1. The van der Waals surface area contributed by atoms with E-state index in [2.05, 4.69) is 20.4 Å². The fourth-order valence-electron chi connectivity index (χ4n) is 1.49. The summed E-state index contributed by atoms with van der Waals surface area (Å²) in [6, 6.07) is 5.22. The number of hydrogen-bond acceptors (Lipinski definition) is 5. The predicted octanol–water partition coefficient (Wildman–Crippen LogP) is 1.97. The van der Waals surface area contributed by atoms with Crippen LogP contribution >= 0.6 is 11.6 Å². The van der Waals surface area contributed by atoms with Gasteiger partial charge in [-0.2, -0.15) is 4.98 Å². The number of ether oxygens (including phenoxy) is 1. The van der Waals surface area contributed by atoms with E-state index in [1.807, 2.05) is 0 Å². The van der Waals surface area contributed by atoms with Gasteiger partial charge in [-0.05, 0) is 18.2 Å². The zero-order valence-corrected chi connectivity index (χ0v) is 11.8. The van der Waals surface area contributed by atoms with Crippen molar-refractivity contribution in [2.45, 2.75) is 13.5 Å². The van der Waals surface area contributed by atoms with Crippen LogP contribution < -0.4 is 15.8 Å². The molecule has 106 valence electrons. The Balaban J connectivity index is 2.00. The lowest BCUT2D eigenvalue weighted by atomic mass is 10.3. The Bertz CT molecular complexity index is 626. The van der Waals surface area contributed by atoms with Crippen molar-refractivity contribution in [2.24, 2.45) is 10.7 Å². The summed E-state index contributed by atoms with van der Waals surface area (Å²) in [5.74, 6) is 1.78. The van der Waals surface area contributed by atoms with Crippen molar-refractivity contribution >= 4 is 23.2 Å². The number of methoxy groups -OCH3 is 1. The molecule has 0 amide bonds. The highest BCUT2D eigenvalue weighted by atomic mass is 35.5. The highest BCUT2D eigenvalue weighted by Gasteiger charge is 2.04. The maximum atomic E-state index is 6.01. The van der Waals surface area contributed by atoms with Crippen molar-refractivity contribution in [3.05, 3.63) is 34.9 Å². The number of hydrogen-bond donors (Lipinski definition) is 2. The Hall–Kier alpha value is -2.28. The minimum Gasteiger partial charge on any atom is -0.495 e. The fraction of sp³-hybridized carbons (Fsp3) is 0.250. The molecule has 1 aromatic heterocycles. The molecule has 0 fully saturated rings. The van der Waals surface area contributed by atoms with E-state index in [-0.39, 0.29) is 12.5 Å². The zero-order valence-electron chi connectivity index (χ0n) is 11.1. The minimum atomic E-state index is 0.230. The number of aryl methyl sites for hydroxylation is 1. The first kappa shape index (κ1) is 14.1. The van der Waals surface area contributed by atoms with Crippen molar-refractivity contribution in [3.8, 4) is 5.75 Å². The zero-order chi connectivity index (χ0) is 14.5. The van der Waals surface area contributed by atoms with E-state index in [9.17, 15) is 0 Å². The van der Waals surface area contributed by atoms with Crippen LogP contribution in [0.2, 0.25) is 5.02 Å². The standard InChI is InChI=1S/C12H14ClN5O2/c1-7-16-11(18-20-7)6-15-12(14)17-8-3-4-10(19-2)9(13)5-8/h3-5H,6H2,1-2H3,(H3,14,15,17). The number of aliphatic imine (C=N–C) groups is 1. The second kappa shape index (κ2) is 6.25. The van der Waals surface area contributed by atoms with Gasteiger partial charge in [0.15, 0.2) is 11.8 Å². The highest BCUT2D eigenvalue weighted by Crippen LogP contribution is 2.26. The molecule has 0 aliphatic heterocycles. The molecule has 1 aromatic carbocycles. The van der Waals surface area contributed by atoms with Crippen LogP contribution in [0.5, 0.6) is 5.75 Å². The van der Waals surface area contributed by atoms with Crippen LogP contribution in [0.4, 0.5) is 5.69 Å². The summed E-state index contributed by atoms with van der Waals surface area (Å²) >= 11 is 6.01. The first-order chi connectivity index (χ1) is 9.58. The van der Waals surface area contributed by atoms with Crippen molar-refractivity contribution < 1.29 is 9.26 Å². The molecule has 7 nitrogen and oxygen atoms in total. The molecule has 1 heterocycles. The molecule has 0 aliphatic rings. The van der Waals surface area contributed by atoms with Crippen molar-refractivity contribution in [2.75, 3.05) is 12.4 Å². The smallest absolute Gasteiger partial charge is 0.223 e. The number of rotatable bonds is 4. The summed E-state index contributed by atoms with van der Waals surface area (Å²) in [7, 11) is 1.55. The largest absolute Gasteiger partial charge is 0.495 e. The summed E-state index contributed by atoms with van der Waals surface area (Å²) in [6.07, 6.45) is 0. The molecule has 0 atom stereocenters. The van der Waals surface area contributed by atoms with E-state index in [0.29, 0.717) is 28.2 Å². The second-order valence-corrected chi connectivity index (χ2v) is 4.31. The van der Waals surface area contributed by atoms with E-state index in [4.69, 9.17) is 26.6 Å². The van der Waals surface area contributed by atoms with Crippen LogP contribution in [0.25, 0.3) is 0 Å². The van der Waals surface area contributed by atoms with Crippen LogP contribution in [0.3, 0.4) is 0 Å². The maximum absolute atomic E-state index is 6.01. The van der Waals surface area contributed by atoms with Crippen molar-refractivity contribution in [1.29, 1.82) is 0 Å². The van der Waals surface area contributed by atoms with Gasteiger partial charge < -0.3 is 20.3 Å². The first-order valence-corrected chi connectivity index (χ1v) is 6.16. The molecule has 0 saturated carbocycles. The van der Waals surface area contributed by atoms with E-state index in [0.717, 1.165) is 0 Å². The van der Waals surface area contributed by atoms with Gasteiger partial charge in [-0.15, -0.1) is 0 Å². The van der Waals surface area contributed by atoms with Gasteiger partial charge in [-0.1, -0.05) is 16.8 Å². The van der Waals surface area contributed by atoms with Gasteiger partial charge in [0.2, 0.25) is 5.89 Å². The Kier molecular flexibility index (Phi) is 4.41. The molecule has 0 unspecified atom stereocenters. The molecule has 3 N–H and O–H groups in total. The molecule has 0 bridgehead atoms. The molecule has 20 heavy (non-hydrogen) atoms. The molecule has 8 heteroatoms. The number of benzene rings is 1. The number of guanidine groups is 1. The van der Waals surface area contributed by atoms with E-state index in [1.165, 1.54) is 0 Å². The van der Waals surface area contributed by atoms with Gasteiger partial charge in [0, 0.05) is 12.6 Å². The molecule has 2 aromatic rings. The van der Waals surface area contributed by atoms with Gasteiger partial charge in [0.25, 0.3) is 0 Å². The summed E-state index contributed by atoms with van der Waals surface area (Å²) < 4.78 is 9.90. The predicted molar refractivity (Wildman–Crippen MR) is 76.0 cm³/mol. The van der Waals surface area contributed by atoms with Crippen molar-refractivity contribution in [1.82, 2.24) is 10.1 Å². The third-order valence-corrected chi connectivity index (χ3v) is 2.68. The number of nitrogens with two attached hydrogens (primary N) is 1. The lowest BCUT2D eigenvalue weighted by Crippen LogP contribution is -2.22. The second-order valence-electron chi connectivity index (χ2n) is 3.91. The summed E-state index contributed by atoms with van der Waals surface area (Å²) in [5.41, 5.74) is 6.47. The van der Waals surface area contributed by atoms with Crippen LogP contribution in [-0.4, -0.2) is 23.2 Å². The fourth-order valence-corrected chi connectivity index (χ4v) is 1.75. The summed E-state index contributed by atoms with van der Waals surface area (Å²) in [5, 5.41) is 7.12. The highest BCUT2D eigenvalue weighted by molar-refractivity contribution is 6.32. The molecule has 2 rings (SSSR count). The lowest BCUT2D eigenvalue weighted by molar-refractivity contribution is 0.387. The maximum Gasteiger partial charge on any atom is 0.223 e. The number of halogens is 1. The lowest BCUT2D eigenvalue weighted by Gasteiger charge is -2.08. The number of aromatic nitrogens is 2. The van der Waals surface area contributed by atoms with Crippen LogP contribution in [-0.2, 0) is 6.54 Å². The molecule has 0 aliphatic carbocycles. The Morgan fingerprint density at radius 3 is 2.95 bits per heavy atom. The Morgan fingerprint density at radius 1 is 1.55 bits per heavy atom. The average Bonchev–Trinajstić information content (AvgIpc) is 2.82. The molecular weight excluding hydrogens is 282 g/mol. The van der Waals surface area contributed by atoms with Crippen LogP contribution in [0.15, 0.2) is 27.7 Å². The summed E-state index contributed by atoms with van der Waals surface area (Å²) in [4.78, 5) is 8.12. The quantitative estimate of drug-likeness (QED) is 0.661. The molecule has 0 spiro atoms. The third-order valence-electron chi connectivity index (χ3n) is 2.38. The van der Waals surface area contributed by atoms with E-state index >= 15 is 0 Å². The molecule has 0 radical (unpaired) electrons. The molecule has 0 saturated heterocycles. The average molecular weight is 296 g/mol. The van der Waals surface area contributed by atoms with Gasteiger partial charge in [0.05, 0.1) is 12.1 Å². The Labute approximate surface area is 120 Å². The molecular formula is C12H14ClN5O2. The number of nitrogens with one attached hydrogen (secondary N) is 1.